The molecule has 0 unspecified atom stereocenters. The predicted molar refractivity (Wildman–Crippen MR) is 100 cm³/mol. The number of hydrogen-bond donors (Lipinski definition) is 0. The molecule has 4 amide bonds. The largest absolute Gasteiger partial charge is 0.497 e. The molecule has 0 saturated carbocycles. The fourth-order valence-electron chi connectivity index (χ4n) is 3.64. The number of benzene rings is 1. The first-order valence-corrected chi connectivity index (χ1v) is 10.9. The van der Waals surface area contributed by atoms with E-state index in [1.165, 1.54) is 0 Å². The van der Waals surface area contributed by atoms with Gasteiger partial charge in [-0.2, -0.15) is 0 Å². The molecule has 148 valence electrons. The van der Waals surface area contributed by atoms with E-state index in [1.807, 2.05) is 24.3 Å². The number of methoxy groups -OCH3 is 1. The molecule has 2 heterocycles. The topological polar surface area (TPSA) is 87.2 Å². The van der Waals surface area contributed by atoms with E-state index in [2.05, 4.69) is 0 Å². The number of rotatable bonds is 3. The van der Waals surface area contributed by atoms with E-state index in [4.69, 9.17) is 4.74 Å². The van der Waals surface area contributed by atoms with E-state index in [0.29, 0.717) is 13.1 Å². The Hall–Kier alpha value is -2.29. The van der Waals surface area contributed by atoms with E-state index in [-0.39, 0.29) is 19.0 Å². The van der Waals surface area contributed by atoms with Crippen molar-refractivity contribution in [2.24, 2.45) is 0 Å². The molecule has 8 nitrogen and oxygen atoms in total. The molecule has 0 aliphatic carbocycles. The van der Waals surface area contributed by atoms with Crippen LogP contribution in [0.1, 0.15) is 30.7 Å². The summed E-state index contributed by atoms with van der Waals surface area (Å²) in [4.78, 5) is 28.0. The number of urea groups is 2. The molecule has 2 aliphatic rings. The molecule has 0 aromatic heterocycles. The van der Waals surface area contributed by atoms with Gasteiger partial charge in [0.1, 0.15) is 5.75 Å². The van der Waals surface area contributed by atoms with E-state index in [0.717, 1.165) is 46.0 Å². The highest BCUT2D eigenvalue weighted by atomic mass is 32.2. The van der Waals surface area contributed by atoms with Crippen molar-refractivity contribution < 1.29 is 22.7 Å². The molecule has 1 atom stereocenters. The van der Waals surface area contributed by atoms with Crippen LogP contribution in [0.5, 0.6) is 5.75 Å². The maximum absolute atomic E-state index is 12.9. The Labute approximate surface area is 159 Å². The molecule has 0 N–H and O–H groups in total. The van der Waals surface area contributed by atoms with Gasteiger partial charge >= 0.3 is 12.1 Å². The zero-order valence-corrected chi connectivity index (χ0v) is 16.4. The normalized spacial score (nSPS) is 21.3. The van der Waals surface area contributed by atoms with Gasteiger partial charge in [0.05, 0.1) is 26.5 Å². The number of sulfonamides is 1. The third-order valence-electron chi connectivity index (χ3n) is 5.13. The first-order valence-electron chi connectivity index (χ1n) is 9.03. The number of likely N-dealkylation sites (tertiary alicyclic amines) is 1. The van der Waals surface area contributed by atoms with Gasteiger partial charge in [0.25, 0.3) is 0 Å². The molecule has 0 bridgehead atoms. The van der Waals surface area contributed by atoms with Crippen LogP contribution < -0.4 is 4.74 Å². The molecule has 3 rings (SSSR count). The van der Waals surface area contributed by atoms with Crippen LogP contribution in [-0.2, 0) is 10.0 Å². The fraction of sp³-hybridized carbons (Fsp3) is 0.556. The van der Waals surface area contributed by atoms with Gasteiger partial charge in [0, 0.05) is 19.0 Å². The summed E-state index contributed by atoms with van der Waals surface area (Å²) in [6, 6.07) is 6.65. The monoisotopic (exact) mass is 395 g/mol. The van der Waals surface area contributed by atoms with Gasteiger partial charge in [0.15, 0.2) is 0 Å². The minimum absolute atomic E-state index is 0.0131. The van der Waals surface area contributed by atoms with Crippen molar-refractivity contribution in [3.05, 3.63) is 29.8 Å². The summed E-state index contributed by atoms with van der Waals surface area (Å²) in [7, 11) is -2.04. The molecular formula is C18H25N3O5S. The maximum Gasteiger partial charge on any atom is 0.341 e. The lowest BCUT2D eigenvalue weighted by Crippen LogP contribution is -2.47. The highest BCUT2D eigenvalue weighted by Crippen LogP contribution is 2.29. The number of nitrogens with zero attached hydrogens (tertiary/aromatic N) is 3. The summed E-state index contributed by atoms with van der Waals surface area (Å²) in [5, 5.41) is 0. The molecule has 0 radical (unpaired) electrons. The number of imide groups is 1. The summed E-state index contributed by atoms with van der Waals surface area (Å²) in [5.74, 6) is 0.954. The van der Waals surface area contributed by atoms with Gasteiger partial charge in [-0.25, -0.2) is 27.2 Å². The number of hydrogen-bond acceptors (Lipinski definition) is 5. The molecule has 1 aromatic rings. The molecule has 1 aromatic carbocycles. The first-order chi connectivity index (χ1) is 12.8. The Morgan fingerprint density at radius 2 is 1.81 bits per heavy atom. The number of amides is 4. The zero-order valence-electron chi connectivity index (χ0n) is 15.6. The van der Waals surface area contributed by atoms with Gasteiger partial charge in [-0.3, -0.25) is 0 Å². The van der Waals surface area contributed by atoms with Crippen molar-refractivity contribution in [3.63, 3.8) is 0 Å². The SMILES string of the molecule is COc1ccc([C@H]2CCCCN(C(=O)N3CCN(S(C)(=O)=O)C3=O)C2)cc1. The van der Waals surface area contributed by atoms with Crippen LogP contribution >= 0.6 is 0 Å². The summed E-state index contributed by atoms with van der Waals surface area (Å²) < 4.78 is 29.3. The van der Waals surface area contributed by atoms with Gasteiger partial charge in [-0.05, 0) is 30.5 Å². The molecular weight excluding hydrogens is 370 g/mol. The highest BCUT2D eigenvalue weighted by molar-refractivity contribution is 7.88. The van der Waals surface area contributed by atoms with Gasteiger partial charge < -0.3 is 9.64 Å². The lowest BCUT2D eigenvalue weighted by atomic mass is 9.94. The van der Waals surface area contributed by atoms with Crippen LogP contribution in [0, 0.1) is 0 Å². The second-order valence-electron chi connectivity index (χ2n) is 6.96. The summed E-state index contributed by atoms with van der Waals surface area (Å²) in [6.07, 6.45) is 3.78. The van der Waals surface area contributed by atoms with Crippen LogP contribution in [-0.4, -0.2) is 74.1 Å². The molecule has 27 heavy (non-hydrogen) atoms. The number of carbonyl (C=O) groups excluding carboxylic acids is 2. The Bertz CT molecular complexity index is 809. The van der Waals surface area contributed by atoms with E-state index < -0.39 is 22.1 Å². The second-order valence-corrected chi connectivity index (χ2v) is 8.87. The van der Waals surface area contributed by atoms with Crippen molar-refractivity contribution >= 4 is 22.1 Å². The second kappa shape index (κ2) is 7.75. The van der Waals surface area contributed by atoms with Gasteiger partial charge in [0.2, 0.25) is 10.0 Å². The average molecular weight is 395 g/mol. The van der Waals surface area contributed by atoms with Crippen LogP contribution in [0.15, 0.2) is 24.3 Å². The molecule has 2 saturated heterocycles. The van der Waals surface area contributed by atoms with Crippen molar-refractivity contribution in [2.75, 3.05) is 39.5 Å². The van der Waals surface area contributed by atoms with Crippen molar-refractivity contribution in [1.82, 2.24) is 14.1 Å². The van der Waals surface area contributed by atoms with Crippen LogP contribution in [0.4, 0.5) is 9.59 Å². The highest BCUT2D eigenvalue weighted by Gasteiger charge is 2.40. The van der Waals surface area contributed by atoms with Crippen LogP contribution in [0.3, 0.4) is 0 Å². The third-order valence-corrected chi connectivity index (χ3v) is 6.27. The predicted octanol–water partition coefficient (Wildman–Crippen LogP) is 2.08. The summed E-state index contributed by atoms with van der Waals surface area (Å²) >= 11 is 0. The lowest BCUT2D eigenvalue weighted by Gasteiger charge is -2.28. The number of carbonyl (C=O) groups is 2. The molecule has 9 heteroatoms. The van der Waals surface area contributed by atoms with Crippen LogP contribution in [0.2, 0.25) is 0 Å². The van der Waals surface area contributed by atoms with Crippen LogP contribution in [0.25, 0.3) is 0 Å². The van der Waals surface area contributed by atoms with Crippen molar-refractivity contribution in [3.8, 4) is 5.75 Å². The maximum atomic E-state index is 12.9. The minimum atomic E-state index is -3.66. The Kier molecular flexibility index (Phi) is 5.59. The van der Waals surface area contributed by atoms with E-state index >= 15 is 0 Å². The lowest BCUT2D eigenvalue weighted by molar-refractivity contribution is 0.161. The first kappa shape index (κ1) is 19.5. The Morgan fingerprint density at radius 1 is 1.11 bits per heavy atom. The van der Waals surface area contributed by atoms with E-state index in [1.54, 1.807) is 12.0 Å². The quantitative estimate of drug-likeness (QED) is 0.782. The summed E-state index contributed by atoms with van der Waals surface area (Å²) in [5.41, 5.74) is 1.13. The van der Waals surface area contributed by atoms with Gasteiger partial charge in [-0.15, -0.1) is 0 Å². The molecule has 0 spiro atoms. The van der Waals surface area contributed by atoms with Crippen molar-refractivity contribution in [1.29, 1.82) is 0 Å². The number of ether oxygens (including phenoxy) is 1. The third kappa shape index (κ3) is 4.18. The van der Waals surface area contributed by atoms with Gasteiger partial charge in [-0.1, -0.05) is 18.6 Å². The smallest absolute Gasteiger partial charge is 0.341 e. The molecule has 2 fully saturated rings. The molecule has 2 aliphatic heterocycles. The van der Waals surface area contributed by atoms with Crippen molar-refractivity contribution in [2.45, 2.75) is 25.2 Å². The minimum Gasteiger partial charge on any atom is -0.497 e. The Morgan fingerprint density at radius 3 is 2.41 bits per heavy atom. The standard InChI is InChI=1S/C18H25N3O5S/c1-26-16-8-6-14(7-9-16)15-5-3-4-10-19(13-15)17(22)20-11-12-21(18(20)23)27(2,24)25/h6-9,15H,3-5,10-13H2,1-2H3/t15-/m0/s1. The fourth-order valence-corrected chi connectivity index (χ4v) is 4.43. The van der Waals surface area contributed by atoms with E-state index in [9.17, 15) is 18.0 Å². The summed E-state index contributed by atoms with van der Waals surface area (Å²) in [6.45, 7) is 1.18. The Balaban J connectivity index is 1.73. The average Bonchev–Trinajstić information content (AvgIpc) is 2.88. The zero-order chi connectivity index (χ0) is 19.6.